The molecule has 1 fully saturated rings. The summed E-state index contributed by atoms with van der Waals surface area (Å²) in [6, 6.07) is 9.52. The molecule has 27 heavy (non-hydrogen) atoms. The fourth-order valence-corrected chi connectivity index (χ4v) is 3.99. The van der Waals surface area contributed by atoms with Gasteiger partial charge in [-0.05, 0) is 50.4 Å². The lowest BCUT2D eigenvalue weighted by atomic mass is 10.0. The molecule has 1 atom stereocenters. The molecule has 144 valence electrons. The number of hydrogen-bond donors (Lipinski definition) is 1. The molecule has 0 aromatic heterocycles. The Labute approximate surface area is 172 Å². The van der Waals surface area contributed by atoms with E-state index in [4.69, 9.17) is 11.6 Å². The monoisotopic (exact) mass is 453 g/mol. The molecule has 1 heterocycles. The number of anilines is 1. The number of rotatable bonds is 4. The van der Waals surface area contributed by atoms with Gasteiger partial charge >= 0.3 is 0 Å². The number of halogens is 3. The molecule has 1 aliphatic heterocycles. The lowest BCUT2D eigenvalue weighted by Gasteiger charge is -2.36. The van der Waals surface area contributed by atoms with Crippen molar-refractivity contribution in [3.63, 3.8) is 0 Å². The molecule has 0 radical (unpaired) electrons. The highest BCUT2D eigenvalue weighted by molar-refractivity contribution is 9.10. The van der Waals surface area contributed by atoms with Crippen molar-refractivity contribution < 1.29 is 9.18 Å². The standard InChI is InChI=1S/C20H22BrClFN3O/c1-13(24-20(27)16-5-3-14(21)11-18(16)22)17-12-15(23)4-6-19(17)26-9-7-25(2)8-10-26/h3-6,11-13H,7-10H2,1-2H3,(H,24,27). The summed E-state index contributed by atoms with van der Waals surface area (Å²) in [4.78, 5) is 17.2. The Kier molecular flexibility index (Phi) is 6.40. The zero-order chi connectivity index (χ0) is 19.6. The van der Waals surface area contributed by atoms with E-state index in [2.05, 4.69) is 38.1 Å². The summed E-state index contributed by atoms with van der Waals surface area (Å²) in [5.74, 6) is -0.598. The fraction of sp³-hybridized carbons (Fsp3) is 0.350. The summed E-state index contributed by atoms with van der Waals surface area (Å²) < 4.78 is 14.7. The van der Waals surface area contributed by atoms with Gasteiger partial charge in [0, 0.05) is 41.9 Å². The van der Waals surface area contributed by atoms with Gasteiger partial charge in [0.1, 0.15) is 5.82 Å². The van der Waals surface area contributed by atoms with Crippen LogP contribution in [0.25, 0.3) is 0 Å². The van der Waals surface area contributed by atoms with E-state index in [1.54, 1.807) is 24.3 Å². The van der Waals surface area contributed by atoms with E-state index in [9.17, 15) is 9.18 Å². The fourth-order valence-electron chi connectivity index (χ4n) is 3.23. The van der Waals surface area contributed by atoms with Crippen LogP contribution in [0, 0.1) is 5.82 Å². The molecule has 0 bridgehead atoms. The topological polar surface area (TPSA) is 35.6 Å². The molecule has 3 rings (SSSR count). The highest BCUT2D eigenvalue weighted by Crippen LogP contribution is 2.29. The predicted octanol–water partition coefficient (Wildman–Crippen LogP) is 4.48. The molecule has 1 saturated heterocycles. The Morgan fingerprint density at radius 1 is 1.19 bits per heavy atom. The lowest BCUT2D eigenvalue weighted by molar-refractivity contribution is 0.0940. The van der Waals surface area contributed by atoms with Gasteiger partial charge in [0.15, 0.2) is 0 Å². The van der Waals surface area contributed by atoms with Crippen LogP contribution in [-0.2, 0) is 0 Å². The highest BCUT2D eigenvalue weighted by Gasteiger charge is 2.22. The number of likely N-dealkylation sites (N-methyl/N-ethyl adjacent to an activating group) is 1. The number of piperazine rings is 1. The molecular weight excluding hydrogens is 433 g/mol. The maximum atomic E-state index is 13.9. The Bertz CT molecular complexity index is 840. The van der Waals surface area contributed by atoms with Crippen molar-refractivity contribution in [2.24, 2.45) is 0 Å². The molecule has 4 nitrogen and oxygen atoms in total. The van der Waals surface area contributed by atoms with Crippen LogP contribution in [0.1, 0.15) is 28.9 Å². The summed E-state index contributed by atoms with van der Waals surface area (Å²) in [6.07, 6.45) is 0. The number of nitrogens with zero attached hydrogens (tertiary/aromatic N) is 2. The first-order valence-corrected chi connectivity index (χ1v) is 10.0. The van der Waals surface area contributed by atoms with E-state index in [-0.39, 0.29) is 17.8 Å². The molecule has 0 spiro atoms. The van der Waals surface area contributed by atoms with Gasteiger partial charge in [-0.25, -0.2) is 4.39 Å². The van der Waals surface area contributed by atoms with Crippen molar-refractivity contribution in [1.82, 2.24) is 10.2 Å². The van der Waals surface area contributed by atoms with E-state index < -0.39 is 0 Å². The molecule has 1 amide bonds. The van der Waals surface area contributed by atoms with Crippen LogP contribution >= 0.6 is 27.5 Å². The Morgan fingerprint density at radius 2 is 1.89 bits per heavy atom. The Balaban J connectivity index is 1.82. The first kappa shape index (κ1) is 20.1. The zero-order valence-electron chi connectivity index (χ0n) is 15.3. The van der Waals surface area contributed by atoms with Crippen LogP contribution in [0.15, 0.2) is 40.9 Å². The molecule has 0 aliphatic carbocycles. The summed E-state index contributed by atoms with van der Waals surface area (Å²) >= 11 is 9.51. The number of hydrogen-bond acceptors (Lipinski definition) is 3. The number of amides is 1. The minimum atomic E-state index is -0.359. The Morgan fingerprint density at radius 3 is 2.56 bits per heavy atom. The van der Waals surface area contributed by atoms with Crippen molar-refractivity contribution in [2.75, 3.05) is 38.1 Å². The molecule has 7 heteroatoms. The minimum Gasteiger partial charge on any atom is -0.369 e. The van der Waals surface area contributed by atoms with E-state index in [0.29, 0.717) is 10.6 Å². The van der Waals surface area contributed by atoms with Gasteiger partial charge in [-0.2, -0.15) is 0 Å². The number of nitrogens with one attached hydrogen (secondary N) is 1. The third kappa shape index (κ3) is 4.81. The normalized spacial score (nSPS) is 16.3. The van der Waals surface area contributed by atoms with Gasteiger partial charge in [-0.3, -0.25) is 4.79 Å². The first-order valence-electron chi connectivity index (χ1n) is 8.84. The number of benzene rings is 2. The zero-order valence-corrected chi connectivity index (χ0v) is 17.6. The van der Waals surface area contributed by atoms with Gasteiger partial charge in [0.05, 0.1) is 16.6 Å². The van der Waals surface area contributed by atoms with Crippen LogP contribution in [0.4, 0.5) is 10.1 Å². The predicted molar refractivity (Wildman–Crippen MR) is 111 cm³/mol. The van der Waals surface area contributed by atoms with Crippen LogP contribution in [0.5, 0.6) is 0 Å². The SMILES string of the molecule is CC(NC(=O)c1ccc(Br)cc1Cl)c1cc(F)ccc1N1CCN(C)CC1. The van der Waals surface area contributed by atoms with E-state index >= 15 is 0 Å². The largest absolute Gasteiger partial charge is 0.369 e. The van der Waals surface area contributed by atoms with Crippen LogP contribution < -0.4 is 10.2 Å². The van der Waals surface area contributed by atoms with Crippen LogP contribution in [0.3, 0.4) is 0 Å². The second kappa shape index (κ2) is 8.59. The quantitative estimate of drug-likeness (QED) is 0.740. The van der Waals surface area contributed by atoms with Gasteiger partial charge < -0.3 is 15.1 Å². The second-order valence-corrected chi connectivity index (χ2v) is 8.14. The van der Waals surface area contributed by atoms with Crippen molar-refractivity contribution in [1.29, 1.82) is 0 Å². The van der Waals surface area contributed by atoms with Gasteiger partial charge in [0.2, 0.25) is 0 Å². The molecular formula is C20H22BrClFN3O. The van der Waals surface area contributed by atoms with Crippen molar-refractivity contribution >= 4 is 39.1 Å². The molecule has 2 aromatic carbocycles. The molecule has 0 saturated carbocycles. The summed E-state index contributed by atoms with van der Waals surface area (Å²) in [7, 11) is 2.09. The minimum absolute atomic E-state index is 0.284. The van der Waals surface area contributed by atoms with Crippen molar-refractivity contribution in [3.05, 3.63) is 62.8 Å². The van der Waals surface area contributed by atoms with Crippen molar-refractivity contribution in [3.8, 4) is 0 Å². The third-order valence-electron chi connectivity index (χ3n) is 4.82. The summed E-state index contributed by atoms with van der Waals surface area (Å²) in [5, 5.41) is 3.31. The average Bonchev–Trinajstić information content (AvgIpc) is 2.62. The first-order chi connectivity index (χ1) is 12.8. The second-order valence-electron chi connectivity index (χ2n) is 6.81. The average molecular weight is 455 g/mol. The van der Waals surface area contributed by atoms with Gasteiger partial charge in [0.25, 0.3) is 5.91 Å². The lowest BCUT2D eigenvalue weighted by Crippen LogP contribution is -2.45. The van der Waals surface area contributed by atoms with E-state index in [1.165, 1.54) is 12.1 Å². The number of carbonyl (C=O) groups is 1. The van der Waals surface area contributed by atoms with E-state index in [0.717, 1.165) is 41.9 Å². The van der Waals surface area contributed by atoms with Crippen molar-refractivity contribution in [2.45, 2.75) is 13.0 Å². The molecule has 1 aliphatic rings. The van der Waals surface area contributed by atoms with Gasteiger partial charge in [-0.1, -0.05) is 27.5 Å². The summed E-state index contributed by atoms with van der Waals surface area (Å²) in [6.45, 7) is 5.50. The maximum absolute atomic E-state index is 13.9. The maximum Gasteiger partial charge on any atom is 0.253 e. The molecule has 2 aromatic rings. The number of carbonyl (C=O) groups excluding carboxylic acids is 1. The van der Waals surface area contributed by atoms with Crippen LogP contribution in [0.2, 0.25) is 5.02 Å². The smallest absolute Gasteiger partial charge is 0.253 e. The third-order valence-corrected chi connectivity index (χ3v) is 5.63. The summed E-state index contributed by atoms with van der Waals surface area (Å²) in [5.41, 5.74) is 2.12. The van der Waals surface area contributed by atoms with Gasteiger partial charge in [-0.15, -0.1) is 0 Å². The molecule has 1 unspecified atom stereocenters. The van der Waals surface area contributed by atoms with Crippen LogP contribution in [-0.4, -0.2) is 44.0 Å². The molecule has 1 N–H and O–H groups in total. The van der Waals surface area contributed by atoms with E-state index in [1.807, 2.05) is 6.92 Å². The highest BCUT2D eigenvalue weighted by atomic mass is 79.9. The Hall–Kier alpha value is -1.63.